The maximum atomic E-state index is 12.3. The molecule has 1 aromatic carbocycles. The molecule has 20 heavy (non-hydrogen) atoms. The summed E-state index contributed by atoms with van der Waals surface area (Å²) in [6, 6.07) is 6.81. The Kier molecular flexibility index (Phi) is 4.96. The second-order valence-electron chi connectivity index (χ2n) is 4.60. The van der Waals surface area contributed by atoms with Gasteiger partial charge in [0.2, 0.25) is 5.91 Å². The lowest BCUT2D eigenvalue weighted by Crippen LogP contribution is -2.41. The second kappa shape index (κ2) is 6.71. The van der Waals surface area contributed by atoms with E-state index < -0.39 is 0 Å². The summed E-state index contributed by atoms with van der Waals surface area (Å²) in [4.78, 5) is 12.3. The Bertz CT molecular complexity index is 542. The van der Waals surface area contributed by atoms with Gasteiger partial charge in [0.15, 0.2) is 0 Å². The van der Waals surface area contributed by atoms with Gasteiger partial charge in [0, 0.05) is 6.04 Å². The Labute approximate surface area is 122 Å². The first kappa shape index (κ1) is 14.8. The standard InChI is InChI=1S/C14H16ClN3O2/c1-2-17-13-8-20-7-10(13)14(19)18-12-4-3-9(6-16)5-11(12)15/h3-5,10,13,17H,2,7-8H2,1H3,(H,18,19). The number of nitriles is 1. The minimum Gasteiger partial charge on any atom is -0.379 e. The molecule has 5 nitrogen and oxygen atoms in total. The first-order chi connectivity index (χ1) is 9.65. The topological polar surface area (TPSA) is 74.2 Å². The van der Waals surface area contributed by atoms with Crippen LogP contribution < -0.4 is 10.6 Å². The van der Waals surface area contributed by atoms with Gasteiger partial charge in [-0.25, -0.2) is 0 Å². The van der Waals surface area contributed by atoms with Crippen molar-refractivity contribution in [2.75, 3.05) is 25.1 Å². The van der Waals surface area contributed by atoms with E-state index in [1.165, 1.54) is 6.07 Å². The maximum absolute atomic E-state index is 12.3. The molecule has 2 rings (SSSR count). The summed E-state index contributed by atoms with van der Waals surface area (Å²) in [5, 5.41) is 15.2. The minimum absolute atomic E-state index is 0.0251. The van der Waals surface area contributed by atoms with Gasteiger partial charge in [0.1, 0.15) is 0 Å². The monoisotopic (exact) mass is 293 g/mol. The number of rotatable bonds is 4. The molecular weight excluding hydrogens is 278 g/mol. The van der Waals surface area contributed by atoms with Crippen LogP contribution in [-0.2, 0) is 9.53 Å². The number of amides is 1. The average Bonchev–Trinajstić information content (AvgIpc) is 2.89. The molecule has 1 amide bonds. The molecule has 1 aromatic rings. The largest absolute Gasteiger partial charge is 0.379 e. The van der Waals surface area contributed by atoms with E-state index >= 15 is 0 Å². The van der Waals surface area contributed by atoms with Crippen molar-refractivity contribution in [2.24, 2.45) is 5.92 Å². The van der Waals surface area contributed by atoms with Gasteiger partial charge >= 0.3 is 0 Å². The molecule has 1 aliphatic rings. The van der Waals surface area contributed by atoms with Crippen LogP contribution in [0.2, 0.25) is 5.02 Å². The molecule has 1 fully saturated rings. The fraction of sp³-hybridized carbons (Fsp3) is 0.429. The predicted molar refractivity (Wildman–Crippen MR) is 76.6 cm³/mol. The highest BCUT2D eigenvalue weighted by Gasteiger charge is 2.33. The Morgan fingerprint density at radius 2 is 2.35 bits per heavy atom. The van der Waals surface area contributed by atoms with Crippen molar-refractivity contribution in [3.05, 3.63) is 28.8 Å². The van der Waals surface area contributed by atoms with Crippen LogP contribution in [0.3, 0.4) is 0 Å². The van der Waals surface area contributed by atoms with Gasteiger partial charge in [-0.3, -0.25) is 4.79 Å². The Hall–Kier alpha value is -1.61. The van der Waals surface area contributed by atoms with Crippen molar-refractivity contribution in [3.8, 4) is 6.07 Å². The smallest absolute Gasteiger partial charge is 0.231 e. The van der Waals surface area contributed by atoms with Gasteiger partial charge in [-0.05, 0) is 24.7 Å². The van der Waals surface area contributed by atoms with E-state index in [0.717, 1.165) is 6.54 Å². The van der Waals surface area contributed by atoms with Gasteiger partial charge in [0.05, 0.1) is 41.5 Å². The number of ether oxygens (including phenoxy) is 1. The van der Waals surface area contributed by atoms with E-state index in [9.17, 15) is 4.79 Å². The third-order valence-corrected chi connectivity index (χ3v) is 3.55. The van der Waals surface area contributed by atoms with Crippen LogP contribution in [0.1, 0.15) is 12.5 Å². The minimum atomic E-state index is -0.235. The zero-order valence-corrected chi connectivity index (χ0v) is 11.9. The van der Waals surface area contributed by atoms with E-state index in [0.29, 0.717) is 29.5 Å². The molecule has 2 atom stereocenters. The zero-order valence-electron chi connectivity index (χ0n) is 11.1. The van der Waals surface area contributed by atoms with Crippen molar-refractivity contribution < 1.29 is 9.53 Å². The number of nitrogens with zero attached hydrogens (tertiary/aromatic N) is 1. The van der Waals surface area contributed by atoms with Crippen LogP contribution in [0.5, 0.6) is 0 Å². The van der Waals surface area contributed by atoms with Gasteiger partial charge < -0.3 is 15.4 Å². The normalized spacial score (nSPS) is 21.4. The van der Waals surface area contributed by atoms with Crippen LogP contribution in [0.25, 0.3) is 0 Å². The van der Waals surface area contributed by atoms with E-state index in [-0.39, 0.29) is 17.9 Å². The molecule has 6 heteroatoms. The summed E-state index contributed by atoms with van der Waals surface area (Å²) in [6.45, 7) is 3.71. The van der Waals surface area contributed by atoms with Crippen LogP contribution in [0, 0.1) is 17.2 Å². The number of carbonyl (C=O) groups is 1. The summed E-state index contributed by atoms with van der Waals surface area (Å²) >= 11 is 6.04. The second-order valence-corrected chi connectivity index (χ2v) is 5.01. The molecule has 0 saturated carbocycles. The van der Waals surface area contributed by atoms with E-state index in [2.05, 4.69) is 10.6 Å². The fourth-order valence-electron chi connectivity index (χ4n) is 2.19. The highest BCUT2D eigenvalue weighted by atomic mass is 35.5. The van der Waals surface area contributed by atoms with Crippen LogP contribution in [0.15, 0.2) is 18.2 Å². The third-order valence-electron chi connectivity index (χ3n) is 3.24. The number of benzene rings is 1. The predicted octanol–water partition coefficient (Wildman–Crippen LogP) is 1.77. The molecule has 2 N–H and O–H groups in total. The first-order valence-corrected chi connectivity index (χ1v) is 6.85. The molecule has 0 aromatic heterocycles. The summed E-state index contributed by atoms with van der Waals surface area (Å²) in [5.41, 5.74) is 0.973. The number of nitrogens with one attached hydrogen (secondary N) is 2. The lowest BCUT2D eigenvalue weighted by Gasteiger charge is -2.18. The third kappa shape index (κ3) is 3.28. The number of halogens is 1. The van der Waals surface area contributed by atoms with Crippen LogP contribution in [-0.4, -0.2) is 31.7 Å². The van der Waals surface area contributed by atoms with E-state index in [1.54, 1.807) is 12.1 Å². The van der Waals surface area contributed by atoms with Crippen LogP contribution >= 0.6 is 11.6 Å². The number of carbonyl (C=O) groups excluding carboxylic acids is 1. The van der Waals surface area contributed by atoms with E-state index in [4.69, 9.17) is 21.6 Å². The van der Waals surface area contributed by atoms with Crippen molar-refractivity contribution >= 4 is 23.2 Å². The maximum Gasteiger partial charge on any atom is 0.231 e. The lowest BCUT2D eigenvalue weighted by atomic mass is 10.0. The Morgan fingerprint density at radius 3 is 3.00 bits per heavy atom. The van der Waals surface area contributed by atoms with Crippen molar-refractivity contribution in [3.63, 3.8) is 0 Å². The van der Waals surface area contributed by atoms with Crippen LogP contribution in [0.4, 0.5) is 5.69 Å². The average molecular weight is 294 g/mol. The van der Waals surface area contributed by atoms with Gasteiger partial charge in [-0.1, -0.05) is 18.5 Å². The molecule has 1 aliphatic heterocycles. The van der Waals surface area contributed by atoms with Gasteiger partial charge in [0.25, 0.3) is 0 Å². The quantitative estimate of drug-likeness (QED) is 0.887. The molecular formula is C14H16ClN3O2. The molecule has 0 spiro atoms. The molecule has 0 bridgehead atoms. The zero-order chi connectivity index (χ0) is 14.5. The lowest BCUT2D eigenvalue weighted by molar-refractivity contribution is -0.120. The summed E-state index contributed by atoms with van der Waals surface area (Å²) in [5.74, 6) is -0.360. The molecule has 0 aliphatic carbocycles. The molecule has 2 unspecified atom stereocenters. The number of anilines is 1. The summed E-state index contributed by atoms with van der Waals surface area (Å²) in [7, 11) is 0. The number of hydrogen-bond donors (Lipinski definition) is 2. The van der Waals surface area contributed by atoms with E-state index in [1.807, 2.05) is 13.0 Å². The molecule has 1 heterocycles. The number of likely N-dealkylation sites (N-methyl/N-ethyl adjacent to an activating group) is 1. The summed E-state index contributed by atoms with van der Waals surface area (Å²) in [6.07, 6.45) is 0. The highest BCUT2D eigenvalue weighted by Crippen LogP contribution is 2.24. The van der Waals surface area contributed by atoms with Gasteiger partial charge in [-0.2, -0.15) is 5.26 Å². The Morgan fingerprint density at radius 1 is 1.55 bits per heavy atom. The fourth-order valence-corrected chi connectivity index (χ4v) is 2.42. The molecule has 1 saturated heterocycles. The Balaban J connectivity index is 2.06. The summed E-state index contributed by atoms with van der Waals surface area (Å²) < 4.78 is 5.35. The molecule has 0 radical (unpaired) electrons. The van der Waals surface area contributed by atoms with Crippen molar-refractivity contribution in [1.29, 1.82) is 5.26 Å². The number of hydrogen-bond acceptors (Lipinski definition) is 4. The highest BCUT2D eigenvalue weighted by molar-refractivity contribution is 6.33. The molecule has 106 valence electrons. The van der Waals surface area contributed by atoms with Crippen molar-refractivity contribution in [1.82, 2.24) is 5.32 Å². The van der Waals surface area contributed by atoms with Gasteiger partial charge in [-0.15, -0.1) is 0 Å². The van der Waals surface area contributed by atoms with Crippen molar-refractivity contribution in [2.45, 2.75) is 13.0 Å². The first-order valence-electron chi connectivity index (χ1n) is 6.47. The SMILES string of the molecule is CCNC1COCC1C(=O)Nc1ccc(C#N)cc1Cl.